The van der Waals surface area contributed by atoms with Gasteiger partial charge in [0.15, 0.2) is 6.61 Å². The molecule has 2 amide bonds. The summed E-state index contributed by atoms with van der Waals surface area (Å²) >= 11 is 0. The number of hydrogen-bond donors (Lipinski definition) is 3. The number of ether oxygens (including phenoxy) is 2. The smallest absolute Gasteiger partial charge is 0.422 e. The van der Waals surface area contributed by atoms with E-state index in [0.29, 0.717) is 17.9 Å². The predicted molar refractivity (Wildman–Crippen MR) is 136 cm³/mol. The van der Waals surface area contributed by atoms with E-state index in [1.807, 2.05) is 30.3 Å². The van der Waals surface area contributed by atoms with Crippen molar-refractivity contribution in [1.82, 2.24) is 10.6 Å². The van der Waals surface area contributed by atoms with Crippen molar-refractivity contribution < 1.29 is 37.3 Å². The van der Waals surface area contributed by atoms with Crippen LogP contribution >= 0.6 is 0 Å². The van der Waals surface area contributed by atoms with E-state index in [1.165, 1.54) is 30.3 Å². The topological polar surface area (TPSA) is 96.9 Å². The first-order valence-corrected chi connectivity index (χ1v) is 11.7. The van der Waals surface area contributed by atoms with E-state index >= 15 is 0 Å². The van der Waals surface area contributed by atoms with Crippen molar-refractivity contribution in [3.05, 3.63) is 101 Å². The number of amides is 2. The van der Waals surface area contributed by atoms with Crippen LogP contribution in [0.2, 0.25) is 0 Å². The van der Waals surface area contributed by atoms with Crippen LogP contribution in [-0.4, -0.2) is 49.5 Å². The maximum atomic E-state index is 12.8. The van der Waals surface area contributed by atoms with Gasteiger partial charge in [-0.2, -0.15) is 13.2 Å². The van der Waals surface area contributed by atoms with E-state index in [0.717, 1.165) is 12.0 Å². The van der Waals surface area contributed by atoms with Crippen molar-refractivity contribution in [2.75, 3.05) is 26.4 Å². The van der Waals surface area contributed by atoms with Crippen LogP contribution in [0.5, 0.6) is 11.5 Å². The third-order valence-corrected chi connectivity index (χ3v) is 5.10. The van der Waals surface area contributed by atoms with Crippen molar-refractivity contribution >= 4 is 17.9 Å². The van der Waals surface area contributed by atoms with Gasteiger partial charge < -0.3 is 25.2 Å². The zero-order chi connectivity index (χ0) is 27.4. The van der Waals surface area contributed by atoms with Crippen molar-refractivity contribution in [3.63, 3.8) is 0 Å². The Morgan fingerprint density at radius 1 is 0.868 bits per heavy atom. The molecule has 200 valence electrons. The molecule has 3 aromatic rings. The molecule has 0 bridgehead atoms. The molecule has 0 aromatic heterocycles. The number of hydrogen-bond acceptors (Lipinski definition) is 5. The number of aliphatic hydroxyl groups excluding tert-OH is 1. The SMILES string of the molecule is O=C(NCCO)/C(=C/c1ccc(OCC(F)(F)F)cc1)NC(=O)c1ccc(OCCc2ccccc2)cc1. The average molecular weight is 529 g/mol. The molecule has 0 saturated carbocycles. The van der Waals surface area contributed by atoms with E-state index < -0.39 is 24.6 Å². The molecule has 0 aliphatic heterocycles. The maximum absolute atomic E-state index is 12.8. The molecular formula is C28H27F3N2O5. The minimum atomic E-state index is -4.46. The predicted octanol–water partition coefficient (Wildman–Crippen LogP) is 4.13. The van der Waals surface area contributed by atoms with E-state index in [4.69, 9.17) is 9.84 Å². The Morgan fingerprint density at radius 2 is 1.50 bits per heavy atom. The molecule has 0 unspecified atom stereocenters. The maximum Gasteiger partial charge on any atom is 0.422 e. The Bertz CT molecular complexity index is 1210. The lowest BCUT2D eigenvalue weighted by Crippen LogP contribution is -2.36. The van der Waals surface area contributed by atoms with Gasteiger partial charge in [0.1, 0.15) is 17.2 Å². The summed E-state index contributed by atoms with van der Waals surface area (Å²) in [4.78, 5) is 25.4. The second-order valence-electron chi connectivity index (χ2n) is 8.07. The number of nitrogens with one attached hydrogen (secondary N) is 2. The van der Waals surface area contributed by atoms with Crippen LogP contribution in [0, 0.1) is 0 Å². The minimum Gasteiger partial charge on any atom is -0.493 e. The molecule has 0 saturated heterocycles. The summed E-state index contributed by atoms with van der Waals surface area (Å²) in [5, 5.41) is 14.0. The Morgan fingerprint density at radius 3 is 2.13 bits per heavy atom. The second kappa shape index (κ2) is 13.8. The number of rotatable bonds is 12. The van der Waals surface area contributed by atoms with Crippen molar-refractivity contribution in [1.29, 1.82) is 0 Å². The van der Waals surface area contributed by atoms with Gasteiger partial charge in [0.25, 0.3) is 11.8 Å². The van der Waals surface area contributed by atoms with Gasteiger partial charge in [-0.05, 0) is 53.6 Å². The molecule has 38 heavy (non-hydrogen) atoms. The van der Waals surface area contributed by atoms with Gasteiger partial charge in [0, 0.05) is 18.5 Å². The third-order valence-electron chi connectivity index (χ3n) is 5.10. The molecule has 3 rings (SSSR count). The molecule has 0 spiro atoms. The Kier molecular flexibility index (Phi) is 10.3. The summed E-state index contributed by atoms with van der Waals surface area (Å²) in [5.41, 5.74) is 1.74. The summed E-state index contributed by atoms with van der Waals surface area (Å²) in [5.74, 6) is -0.621. The summed E-state index contributed by atoms with van der Waals surface area (Å²) in [6.45, 7) is -1.30. The standard InChI is InChI=1S/C28H27F3N2O5/c29-28(30,31)19-38-24-10-6-21(7-11-24)18-25(27(36)32-15-16-34)33-26(35)22-8-12-23(13-9-22)37-17-14-20-4-2-1-3-5-20/h1-13,18,34H,14-17,19H2,(H,32,36)(H,33,35)/b25-18-. The first-order valence-electron chi connectivity index (χ1n) is 11.7. The van der Waals surface area contributed by atoms with Crippen LogP contribution in [0.25, 0.3) is 6.08 Å². The summed E-state index contributed by atoms with van der Waals surface area (Å²) in [6.07, 6.45) is -2.37. The van der Waals surface area contributed by atoms with Crippen LogP contribution in [0.15, 0.2) is 84.6 Å². The van der Waals surface area contributed by atoms with Gasteiger partial charge in [-0.3, -0.25) is 9.59 Å². The highest BCUT2D eigenvalue weighted by Gasteiger charge is 2.28. The molecule has 0 radical (unpaired) electrons. The number of alkyl halides is 3. The first-order chi connectivity index (χ1) is 18.2. The molecule has 0 fully saturated rings. The highest BCUT2D eigenvalue weighted by molar-refractivity contribution is 6.05. The monoisotopic (exact) mass is 528 g/mol. The van der Waals surface area contributed by atoms with E-state index in [9.17, 15) is 22.8 Å². The third kappa shape index (κ3) is 9.62. The normalized spacial score (nSPS) is 11.5. The number of carbonyl (C=O) groups is 2. The molecule has 3 N–H and O–H groups in total. The Balaban J connectivity index is 1.64. The minimum absolute atomic E-state index is 0.000805. The lowest BCUT2D eigenvalue weighted by atomic mass is 10.1. The van der Waals surface area contributed by atoms with Crippen molar-refractivity contribution in [3.8, 4) is 11.5 Å². The van der Waals surface area contributed by atoms with Gasteiger partial charge in [-0.1, -0.05) is 42.5 Å². The molecule has 0 aliphatic rings. The van der Waals surface area contributed by atoms with E-state index in [1.54, 1.807) is 24.3 Å². The second-order valence-corrected chi connectivity index (χ2v) is 8.07. The van der Waals surface area contributed by atoms with Crippen molar-refractivity contribution in [2.45, 2.75) is 12.6 Å². The van der Waals surface area contributed by atoms with E-state index in [-0.39, 0.29) is 30.2 Å². The number of benzene rings is 3. The summed E-state index contributed by atoms with van der Waals surface area (Å²) in [6, 6.07) is 21.8. The molecule has 7 nitrogen and oxygen atoms in total. The van der Waals surface area contributed by atoms with Crippen LogP contribution in [0.4, 0.5) is 13.2 Å². The van der Waals surface area contributed by atoms with Crippen LogP contribution in [0.1, 0.15) is 21.5 Å². The van der Waals surface area contributed by atoms with Gasteiger partial charge in [-0.15, -0.1) is 0 Å². The van der Waals surface area contributed by atoms with Crippen LogP contribution in [0.3, 0.4) is 0 Å². The van der Waals surface area contributed by atoms with E-state index in [2.05, 4.69) is 15.4 Å². The van der Waals surface area contributed by atoms with Gasteiger partial charge in [0.2, 0.25) is 0 Å². The lowest BCUT2D eigenvalue weighted by Gasteiger charge is -2.12. The highest BCUT2D eigenvalue weighted by Crippen LogP contribution is 2.20. The van der Waals surface area contributed by atoms with Gasteiger partial charge >= 0.3 is 6.18 Å². The average Bonchev–Trinajstić information content (AvgIpc) is 2.91. The first kappa shape index (κ1) is 28.3. The Labute approximate surface area is 217 Å². The molecule has 0 aliphatic carbocycles. The number of carbonyl (C=O) groups excluding carboxylic acids is 2. The summed E-state index contributed by atoms with van der Waals surface area (Å²) < 4.78 is 47.4. The van der Waals surface area contributed by atoms with Crippen LogP contribution in [-0.2, 0) is 11.2 Å². The Hall–Kier alpha value is -4.31. The van der Waals surface area contributed by atoms with Crippen molar-refractivity contribution in [2.24, 2.45) is 0 Å². The number of halogens is 3. The van der Waals surface area contributed by atoms with Crippen LogP contribution < -0.4 is 20.1 Å². The quantitative estimate of drug-likeness (QED) is 0.307. The molecular weight excluding hydrogens is 501 g/mol. The van der Waals surface area contributed by atoms with Gasteiger partial charge in [-0.25, -0.2) is 0 Å². The summed E-state index contributed by atoms with van der Waals surface area (Å²) in [7, 11) is 0. The zero-order valence-corrected chi connectivity index (χ0v) is 20.3. The molecule has 3 aromatic carbocycles. The molecule has 0 atom stereocenters. The lowest BCUT2D eigenvalue weighted by molar-refractivity contribution is -0.153. The van der Waals surface area contributed by atoms with Gasteiger partial charge in [0.05, 0.1) is 13.2 Å². The molecule has 10 heteroatoms. The fourth-order valence-electron chi connectivity index (χ4n) is 3.24. The fourth-order valence-corrected chi connectivity index (χ4v) is 3.24. The zero-order valence-electron chi connectivity index (χ0n) is 20.3. The number of aliphatic hydroxyl groups is 1. The fraction of sp³-hybridized carbons (Fsp3) is 0.214. The largest absolute Gasteiger partial charge is 0.493 e. The molecule has 0 heterocycles. The highest BCUT2D eigenvalue weighted by atomic mass is 19.4.